The van der Waals surface area contributed by atoms with E-state index in [2.05, 4.69) is 26.1 Å². The van der Waals surface area contributed by atoms with Crippen molar-refractivity contribution in [3.8, 4) is 11.4 Å². The first-order chi connectivity index (χ1) is 9.15. The lowest BCUT2D eigenvalue weighted by Gasteiger charge is -2.06. The number of benzene rings is 1. The van der Waals surface area contributed by atoms with Gasteiger partial charge < -0.3 is 9.63 Å². The van der Waals surface area contributed by atoms with Crippen LogP contribution in [0.15, 0.2) is 27.2 Å². The molecule has 100 valence electrons. The zero-order chi connectivity index (χ0) is 13.4. The van der Waals surface area contributed by atoms with Crippen molar-refractivity contribution >= 4 is 27.7 Å². The highest BCUT2D eigenvalue weighted by Gasteiger charge is 2.32. The van der Waals surface area contributed by atoms with Gasteiger partial charge in [-0.15, -0.1) is 0 Å². The van der Waals surface area contributed by atoms with E-state index in [1.807, 2.05) is 25.1 Å². The number of aryl methyl sites for hydroxylation is 1. The van der Waals surface area contributed by atoms with Gasteiger partial charge >= 0.3 is 0 Å². The molecule has 1 aliphatic rings. The van der Waals surface area contributed by atoms with Crippen LogP contribution in [0.4, 0.5) is 0 Å². The number of thioether (sulfide) groups is 1. The Kier molecular flexibility index (Phi) is 3.64. The molecule has 1 fully saturated rings. The Morgan fingerprint density at radius 3 is 2.95 bits per heavy atom. The molecule has 0 amide bonds. The zero-order valence-corrected chi connectivity index (χ0v) is 12.7. The standard InChI is InChI=1S/C13H13BrN2O2S/c1-7-4-8(14)2-3-9(7)12-15-13(18-16-12)10-5-19-6-11(10)17/h2-4,10-11,17H,5-6H2,1H3. The lowest BCUT2D eigenvalue weighted by Crippen LogP contribution is -2.15. The first-order valence-corrected chi connectivity index (χ1v) is 7.96. The molecule has 1 aliphatic heterocycles. The molecule has 0 aliphatic carbocycles. The van der Waals surface area contributed by atoms with E-state index in [0.717, 1.165) is 27.1 Å². The Balaban J connectivity index is 1.92. The maximum absolute atomic E-state index is 9.86. The van der Waals surface area contributed by atoms with E-state index in [1.165, 1.54) is 0 Å². The van der Waals surface area contributed by atoms with Gasteiger partial charge in [0.1, 0.15) is 0 Å². The summed E-state index contributed by atoms with van der Waals surface area (Å²) in [5.41, 5.74) is 2.04. The van der Waals surface area contributed by atoms with Crippen molar-refractivity contribution in [2.45, 2.75) is 18.9 Å². The number of hydrogen-bond donors (Lipinski definition) is 1. The quantitative estimate of drug-likeness (QED) is 0.910. The van der Waals surface area contributed by atoms with Crippen LogP contribution in [0.3, 0.4) is 0 Å². The van der Waals surface area contributed by atoms with Crippen LogP contribution < -0.4 is 0 Å². The predicted molar refractivity (Wildman–Crippen MR) is 78.2 cm³/mol. The van der Waals surface area contributed by atoms with Gasteiger partial charge in [0, 0.05) is 21.5 Å². The molecule has 2 atom stereocenters. The van der Waals surface area contributed by atoms with Crippen LogP contribution in [-0.4, -0.2) is 32.9 Å². The Morgan fingerprint density at radius 2 is 2.26 bits per heavy atom. The third-order valence-electron chi connectivity index (χ3n) is 3.24. The van der Waals surface area contributed by atoms with Crippen molar-refractivity contribution < 1.29 is 9.63 Å². The molecule has 1 N–H and O–H groups in total. The summed E-state index contributed by atoms with van der Waals surface area (Å²) in [6, 6.07) is 5.94. The van der Waals surface area contributed by atoms with Crippen molar-refractivity contribution in [2.75, 3.05) is 11.5 Å². The molecular weight excluding hydrogens is 328 g/mol. The Labute approximate surface area is 123 Å². The first-order valence-electron chi connectivity index (χ1n) is 6.01. The monoisotopic (exact) mass is 340 g/mol. The fraction of sp³-hybridized carbons (Fsp3) is 0.385. The maximum atomic E-state index is 9.86. The smallest absolute Gasteiger partial charge is 0.233 e. The summed E-state index contributed by atoms with van der Waals surface area (Å²) < 4.78 is 6.34. The average Bonchev–Trinajstić information content (AvgIpc) is 2.97. The van der Waals surface area contributed by atoms with Crippen LogP contribution in [0.25, 0.3) is 11.4 Å². The number of nitrogens with zero attached hydrogens (tertiary/aromatic N) is 2. The van der Waals surface area contributed by atoms with Crippen LogP contribution in [0.5, 0.6) is 0 Å². The number of rotatable bonds is 2. The molecule has 1 aromatic carbocycles. The summed E-state index contributed by atoms with van der Waals surface area (Å²) in [6.45, 7) is 2.01. The molecule has 2 heterocycles. The molecule has 0 bridgehead atoms. The van der Waals surface area contributed by atoms with Gasteiger partial charge in [-0.3, -0.25) is 0 Å². The van der Waals surface area contributed by atoms with E-state index >= 15 is 0 Å². The third kappa shape index (κ3) is 2.57. The molecule has 19 heavy (non-hydrogen) atoms. The van der Waals surface area contributed by atoms with Gasteiger partial charge in [0.15, 0.2) is 0 Å². The summed E-state index contributed by atoms with van der Waals surface area (Å²) in [4.78, 5) is 4.44. The maximum Gasteiger partial charge on any atom is 0.233 e. The number of aliphatic hydroxyl groups is 1. The predicted octanol–water partition coefficient (Wildman–Crippen LogP) is 3.00. The van der Waals surface area contributed by atoms with Gasteiger partial charge in [-0.1, -0.05) is 21.1 Å². The highest BCUT2D eigenvalue weighted by atomic mass is 79.9. The molecular formula is C13H13BrN2O2S. The number of hydrogen-bond acceptors (Lipinski definition) is 5. The summed E-state index contributed by atoms with van der Waals surface area (Å²) in [5.74, 6) is 2.66. The minimum Gasteiger partial charge on any atom is -0.391 e. The van der Waals surface area contributed by atoms with Crippen molar-refractivity contribution in [2.24, 2.45) is 0 Å². The lowest BCUT2D eigenvalue weighted by molar-refractivity contribution is 0.164. The Bertz CT molecular complexity index is 602. The molecule has 2 unspecified atom stereocenters. The highest BCUT2D eigenvalue weighted by Crippen LogP contribution is 2.33. The van der Waals surface area contributed by atoms with Gasteiger partial charge in [-0.25, -0.2) is 0 Å². The second-order valence-electron chi connectivity index (χ2n) is 4.63. The summed E-state index contributed by atoms with van der Waals surface area (Å²) in [6.07, 6.45) is -0.385. The zero-order valence-electron chi connectivity index (χ0n) is 10.3. The van der Waals surface area contributed by atoms with Gasteiger partial charge in [-0.05, 0) is 30.7 Å². The first kappa shape index (κ1) is 13.1. The second kappa shape index (κ2) is 5.26. The summed E-state index contributed by atoms with van der Waals surface area (Å²) in [7, 11) is 0. The second-order valence-corrected chi connectivity index (χ2v) is 6.62. The largest absolute Gasteiger partial charge is 0.391 e. The molecule has 0 spiro atoms. The number of aromatic nitrogens is 2. The van der Waals surface area contributed by atoms with E-state index < -0.39 is 0 Å². The molecule has 1 saturated heterocycles. The molecule has 2 aromatic rings. The van der Waals surface area contributed by atoms with E-state index in [4.69, 9.17) is 4.52 Å². The lowest BCUT2D eigenvalue weighted by atomic mass is 10.1. The van der Waals surface area contributed by atoms with Crippen LogP contribution in [0.1, 0.15) is 17.4 Å². The van der Waals surface area contributed by atoms with Crippen molar-refractivity contribution in [1.29, 1.82) is 0 Å². The molecule has 1 aromatic heterocycles. The van der Waals surface area contributed by atoms with Gasteiger partial charge in [0.05, 0.1) is 12.0 Å². The fourth-order valence-corrected chi connectivity index (χ4v) is 3.86. The van der Waals surface area contributed by atoms with Crippen LogP contribution in [0, 0.1) is 6.92 Å². The molecule has 6 heteroatoms. The molecule has 0 radical (unpaired) electrons. The van der Waals surface area contributed by atoms with E-state index in [9.17, 15) is 5.11 Å². The normalized spacial score (nSPS) is 22.9. The van der Waals surface area contributed by atoms with Gasteiger partial charge in [0.25, 0.3) is 0 Å². The van der Waals surface area contributed by atoms with Gasteiger partial charge in [0.2, 0.25) is 11.7 Å². The Hall–Kier alpha value is -0.850. The summed E-state index contributed by atoms with van der Waals surface area (Å²) in [5, 5.41) is 13.9. The SMILES string of the molecule is Cc1cc(Br)ccc1-c1noc(C2CSCC2O)n1. The molecule has 4 nitrogen and oxygen atoms in total. The van der Waals surface area contributed by atoms with Crippen LogP contribution in [0.2, 0.25) is 0 Å². The molecule has 0 saturated carbocycles. The van der Waals surface area contributed by atoms with Gasteiger partial charge in [-0.2, -0.15) is 16.7 Å². The van der Waals surface area contributed by atoms with Crippen molar-refractivity contribution in [3.05, 3.63) is 34.1 Å². The topological polar surface area (TPSA) is 59.2 Å². The van der Waals surface area contributed by atoms with Crippen molar-refractivity contribution in [1.82, 2.24) is 10.1 Å². The van der Waals surface area contributed by atoms with Crippen molar-refractivity contribution in [3.63, 3.8) is 0 Å². The highest BCUT2D eigenvalue weighted by molar-refractivity contribution is 9.10. The Morgan fingerprint density at radius 1 is 1.42 bits per heavy atom. The van der Waals surface area contributed by atoms with E-state index in [1.54, 1.807) is 11.8 Å². The van der Waals surface area contributed by atoms with Crippen LogP contribution >= 0.6 is 27.7 Å². The fourth-order valence-electron chi connectivity index (χ4n) is 2.15. The van der Waals surface area contributed by atoms with E-state index in [-0.39, 0.29) is 12.0 Å². The van der Waals surface area contributed by atoms with E-state index in [0.29, 0.717) is 11.7 Å². The number of halogens is 1. The minimum atomic E-state index is -0.385. The minimum absolute atomic E-state index is 0.0398. The average molecular weight is 341 g/mol. The van der Waals surface area contributed by atoms with Crippen LogP contribution in [-0.2, 0) is 0 Å². The summed E-state index contributed by atoms with van der Waals surface area (Å²) >= 11 is 5.15. The molecule has 3 rings (SSSR count). The number of aliphatic hydroxyl groups excluding tert-OH is 1. The third-order valence-corrected chi connectivity index (χ3v) is 4.90.